The van der Waals surface area contributed by atoms with Crippen molar-refractivity contribution >= 4 is 11.8 Å². The predicted octanol–water partition coefficient (Wildman–Crippen LogP) is 0.914. The zero-order chi connectivity index (χ0) is 16.9. The highest BCUT2D eigenvalue weighted by Gasteiger charge is 2.32. The Labute approximate surface area is 142 Å². The molecule has 2 amide bonds. The largest absolute Gasteiger partial charge is 0.364 e. The summed E-state index contributed by atoms with van der Waals surface area (Å²) in [6.45, 7) is 1.79. The van der Waals surface area contributed by atoms with Crippen LogP contribution in [-0.2, 0) is 9.53 Å². The molecule has 2 aliphatic heterocycles. The van der Waals surface area contributed by atoms with Gasteiger partial charge in [-0.15, -0.1) is 0 Å². The topological polar surface area (TPSA) is 84.7 Å². The molecular weight excluding hydrogens is 306 g/mol. The first-order chi connectivity index (χ1) is 11.7. The molecule has 2 heterocycles. The van der Waals surface area contributed by atoms with Crippen molar-refractivity contribution < 1.29 is 14.3 Å². The van der Waals surface area contributed by atoms with E-state index in [0.717, 1.165) is 25.7 Å². The maximum atomic E-state index is 12.4. The summed E-state index contributed by atoms with van der Waals surface area (Å²) in [4.78, 5) is 26.5. The number of rotatable bonds is 4. The fourth-order valence-corrected chi connectivity index (χ4v) is 3.36. The van der Waals surface area contributed by atoms with Crippen molar-refractivity contribution in [1.29, 1.82) is 0 Å². The minimum atomic E-state index is -0.373. The number of benzene rings is 1. The number of hydrogen-bond acceptors (Lipinski definition) is 4. The minimum absolute atomic E-state index is 0.00564. The molecule has 3 N–H and O–H groups in total. The van der Waals surface area contributed by atoms with E-state index in [4.69, 9.17) is 10.5 Å². The molecule has 6 nitrogen and oxygen atoms in total. The zero-order valence-electron chi connectivity index (χ0n) is 13.8. The van der Waals surface area contributed by atoms with Gasteiger partial charge in [-0.1, -0.05) is 18.2 Å². The summed E-state index contributed by atoms with van der Waals surface area (Å²) in [6.07, 6.45) is 2.76. The van der Waals surface area contributed by atoms with Crippen LogP contribution in [0, 0.1) is 0 Å². The van der Waals surface area contributed by atoms with Crippen molar-refractivity contribution in [2.24, 2.45) is 5.73 Å². The molecule has 2 saturated heterocycles. The Bertz CT molecular complexity index is 570. The van der Waals surface area contributed by atoms with E-state index in [1.165, 1.54) is 0 Å². The number of piperidine rings is 1. The normalized spacial score (nSPS) is 24.8. The number of ether oxygens (including phenoxy) is 1. The molecular formula is C18H25N3O3. The third kappa shape index (κ3) is 3.94. The standard InChI is InChI=1S/C18H25N3O3/c19-12-15-6-7-16(24-15)17(22)20-14-8-10-21(11-9-14)18(23)13-4-2-1-3-5-13/h1-5,14-16H,6-12,19H2,(H,20,22)/t15-,16+/m1/s1. The van der Waals surface area contributed by atoms with Crippen molar-refractivity contribution in [3.05, 3.63) is 35.9 Å². The second kappa shape index (κ2) is 7.77. The Morgan fingerprint density at radius 3 is 2.46 bits per heavy atom. The Morgan fingerprint density at radius 1 is 1.12 bits per heavy atom. The molecule has 2 atom stereocenters. The highest BCUT2D eigenvalue weighted by atomic mass is 16.5. The van der Waals surface area contributed by atoms with Gasteiger partial charge >= 0.3 is 0 Å². The maximum absolute atomic E-state index is 12.4. The fourth-order valence-electron chi connectivity index (χ4n) is 3.36. The van der Waals surface area contributed by atoms with Crippen LogP contribution in [0.15, 0.2) is 30.3 Å². The quantitative estimate of drug-likeness (QED) is 0.859. The van der Waals surface area contributed by atoms with Crippen LogP contribution in [0.25, 0.3) is 0 Å². The van der Waals surface area contributed by atoms with Gasteiger partial charge in [-0.25, -0.2) is 0 Å². The van der Waals surface area contributed by atoms with Gasteiger partial charge < -0.3 is 20.7 Å². The van der Waals surface area contributed by atoms with Crippen LogP contribution >= 0.6 is 0 Å². The van der Waals surface area contributed by atoms with Crippen LogP contribution in [0.1, 0.15) is 36.0 Å². The zero-order valence-corrected chi connectivity index (χ0v) is 13.8. The molecule has 0 spiro atoms. The summed E-state index contributed by atoms with van der Waals surface area (Å²) in [6, 6.07) is 9.42. The van der Waals surface area contributed by atoms with Gasteiger partial charge in [0.25, 0.3) is 5.91 Å². The molecule has 1 aromatic rings. The smallest absolute Gasteiger partial charge is 0.253 e. The lowest BCUT2D eigenvalue weighted by Gasteiger charge is -2.33. The number of carbonyl (C=O) groups is 2. The summed E-state index contributed by atoms with van der Waals surface area (Å²) in [7, 11) is 0. The summed E-state index contributed by atoms with van der Waals surface area (Å²) in [5.41, 5.74) is 6.29. The van der Waals surface area contributed by atoms with E-state index in [1.54, 1.807) is 0 Å². The van der Waals surface area contributed by atoms with E-state index in [-0.39, 0.29) is 30.1 Å². The van der Waals surface area contributed by atoms with Gasteiger partial charge in [0.15, 0.2) is 0 Å². The molecule has 0 bridgehead atoms. The van der Waals surface area contributed by atoms with E-state index in [0.29, 0.717) is 25.2 Å². The molecule has 130 valence electrons. The molecule has 0 unspecified atom stereocenters. The van der Waals surface area contributed by atoms with Gasteiger partial charge in [-0.05, 0) is 37.8 Å². The van der Waals surface area contributed by atoms with E-state index in [2.05, 4.69) is 5.32 Å². The predicted molar refractivity (Wildman–Crippen MR) is 90.5 cm³/mol. The molecule has 0 aromatic heterocycles. The van der Waals surface area contributed by atoms with Crippen molar-refractivity contribution in [3.8, 4) is 0 Å². The Kier molecular flexibility index (Phi) is 5.48. The molecule has 1 aromatic carbocycles. The second-order valence-electron chi connectivity index (χ2n) is 6.50. The van der Waals surface area contributed by atoms with Crippen LogP contribution in [-0.4, -0.2) is 54.6 Å². The second-order valence-corrected chi connectivity index (χ2v) is 6.50. The Balaban J connectivity index is 1.45. The maximum Gasteiger partial charge on any atom is 0.253 e. The third-order valence-corrected chi connectivity index (χ3v) is 4.81. The number of nitrogens with two attached hydrogens (primary N) is 1. The molecule has 0 radical (unpaired) electrons. The minimum Gasteiger partial charge on any atom is -0.364 e. The van der Waals surface area contributed by atoms with Crippen molar-refractivity contribution in [1.82, 2.24) is 10.2 Å². The van der Waals surface area contributed by atoms with Crippen LogP contribution in [0.4, 0.5) is 0 Å². The van der Waals surface area contributed by atoms with Gasteiger partial charge in [0.2, 0.25) is 5.91 Å². The van der Waals surface area contributed by atoms with E-state index < -0.39 is 0 Å². The van der Waals surface area contributed by atoms with E-state index >= 15 is 0 Å². The summed E-state index contributed by atoms with van der Waals surface area (Å²) >= 11 is 0. The van der Waals surface area contributed by atoms with Crippen LogP contribution < -0.4 is 11.1 Å². The van der Waals surface area contributed by atoms with E-state index in [9.17, 15) is 9.59 Å². The number of hydrogen-bond donors (Lipinski definition) is 2. The average Bonchev–Trinajstić information content (AvgIpc) is 3.12. The molecule has 2 aliphatic rings. The van der Waals surface area contributed by atoms with Crippen LogP contribution in [0.3, 0.4) is 0 Å². The molecule has 2 fully saturated rings. The highest BCUT2D eigenvalue weighted by Crippen LogP contribution is 2.20. The fraction of sp³-hybridized carbons (Fsp3) is 0.556. The first kappa shape index (κ1) is 16.9. The van der Waals surface area contributed by atoms with Gasteiger partial charge in [-0.3, -0.25) is 9.59 Å². The molecule has 6 heteroatoms. The third-order valence-electron chi connectivity index (χ3n) is 4.81. The molecule has 24 heavy (non-hydrogen) atoms. The first-order valence-corrected chi connectivity index (χ1v) is 8.67. The molecule has 3 rings (SSSR count). The van der Waals surface area contributed by atoms with Crippen molar-refractivity contribution in [3.63, 3.8) is 0 Å². The summed E-state index contributed by atoms with van der Waals surface area (Å²) in [5, 5.41) is 3.06. The number of amides is 2. The Hall–Kier alpha value is -1.92. The Morgan fingerprint density at radius 2 is 1.83 bits per heavy atom. The van der Waals surface area contributed by atoms with Crippen molar-refractivity contribution in [2.45, 2.75) is 43.9 Å². The van der Waals surface area contributed by atoms with Crippen molar-refractivity contribution in [2.75, 3.05) is 19.6 Å². The lowest BCUT2D eigenvalue weighted by Crippen LogP contribution is -2.48. The number of nitrogens with zero attached hydrogens (tertiary/aromatic N) is 1. The number of carbonyl (C=O) groups excluding carboxylic acids is 2. The van der Waals surface area contributed by atoms with Crippen LogP contribution in [0.2, 0.25) is 0 Å². The van der Waals surface area contributed by atoms with Crippen LogP contribution in [0.5, 0.6) is 0 Å². The van der Waals surface area contributed by atoms with Gasteiger partial charge in [-0.2, -0.15) is 0 Å². The molecule has 0 aliphatic carbocycles. The van der Waals surface area contributed by atoms with E-state index in [1.807, 2.05) is 35.2 Å². The first-order valence-electron chi connectivity index (χ1n) is 8.67. The summed E-state index contributed by atoms with van der Waals surface area (Å²) in [5.74, 6) is 0.0177. The van der Waals surface area contributed by atoms with Gasteiger partial charge in [0, 0.05) is 31.2 Å². The highest BCUT2D eigenvalue weighted by molar-refractivity contribution is 5.94. The monoisotopic (exact) mass is 331 g/mol. The molecule has 0 saturated carbocycles. The van der Waals surface area contributed by atoms with Gasteiger partial charge in [0.05, 0.1) is 6.10 Å². The SMILES string of the molecule is NC[C@H]1CC[C@@H](C(=O)NC2CCN(C(=O)c3ccccc3)CC2)O1. The number of nitrogens with one attached hydrogen (secondary N) is 1. The number of likely N-dealkylation sites (tertiary alicyclic amines) is 1. The lowest BCUT2D eigenvalue weighted by molar-refractivity contribution is -0.132. The lowest BCUT2D eigenvalue weighted by atomic mass is 10.0. The summed E-state index contributed by atoms with van der Waals surface area (Å²) < 4.78 is 5.63. The average molecular weight is 331 g/mol. The van der Waals surface area contributed by atoms with Gasteiger partial charge in [0.1, 0.15) is 6.10 Å².